The van der Waals surface area contributed by atoms with Gasteiger partial charge in [-0.05, 0) is 37.9 Å². The van der Waals surface area contributed by atoms with Gasteiger partial charge >= 0.3 is 0 Å². The number of halogens is 1. The van der Waals surface area contributed by atoms with Crippen molar-refractivity contribution in [1.82, 2.24) is 10.2 Å². The second-order valence-corrected chi connectivity index (χ2v) is 6.58. The van der Waals surface area contributed by atoms with Gasteiger partial charge in [-0.25, -0.2) is 0 Å². The normalized spacial score (nSPS) is 28.9. The molecule has 0 radical (unpaired) electrons. The van der Waals surface area contributed by atoms with Crippen LogP contribution >= 0.6 is 22.9 Å². The van der Waals surface area contributed by atoms with E-state index >= 15 is 0 Å². The van der Waals surface area contributed by atoms with Crippen molar-refractivity contribution in [3.8, 4) is 6.07 Å². The molecule has 4 rings (SSSR count). The Hall–Kier alpha value is -1.09. The van der Waals surface area contributed by atoms with Gasteiger partial charge in [-0.1, -0.05) is 11.6 Å². The summed E-state index contributed by atoms with van der Waals surface area (Å²) in [6.07, 6.45) is 2.33. The van der Waals surface area contributed by atoms with E-state index in [1.54, 1.807) is 6.07 Å². The number of nitrogens with zero attached hydrogens (tertiary/aromatic N) is 2. The highest BCUT2D eigenvalue weighted by molar-refractivity contribution is 7.15. The molecule has 1 aromatic heterocycles. The van der Waals surface area contributed by atoms with E-state index in [0.717, 1.165) is 31.0 Å². The third kappa shape index (κ3) is 2.48. The maximum absolute atomic E-state index is 12.2. The lowest BCUT2D eigenvalue weighted by Gasteiger charge is -2.44. The zero-order valence-electron chi connectivity index (χ0n) is 10.4. The predicted molar refractivity (Wildman–Crippen MR) is 74.5 cm³/mol. The minimum atomic E-state index is -0.104. The molecule has 4 nitrogen and oxygen atoms in total. The molecule has 2 bridgehead atoms. The van der Waals surface area contributed by atoms with Gasteiger partial charge in [0.1, 0.15) is 10.9 Å². The zero-order chi connectivity index (χ0) is 13.4. The highest BCUT2D eigenvalue weighted by Crippen LogP contribution is 2.29. The van der Waals surface area contributed by atoms with E-state index in [-0.39, 0.29) is 11.9 Å². The zero-order valence-corrected chi connectivity index (χ0v) is 11.9. The number of hydrogen-bond donors (Lipinski definition) is 1. The maximum atomic E-state index is 12.2. The van der Waals surface area contributed by atoms with Gasteiger partial charge in [-0.3, -0.25) is 4.79 Å². The molecule has 3 fully saturated rings. The Morgan fingerprint density at radius 2 is 2.26 bits per heavy atom. The summed E-state index contributed by atoms with van der Waals surface area (Å²) in [4.78, 5) is 15.5. The van der Waals surface area contributed by atoms with Gasteiger partial charge in [-0.15, -0.1) is 11.3 Å². The summed E-state index contributed by atoms with van der Waals surface area (Å²) in [6.45, 7) is 3.25. The second kappa shape index (κ2) is 5.12. The van der Waals surface area contributed by atoms with Crippen LogP contribution in [0, 0.1) is 17.2 Å². The molecule has 0 saturated carbocycles. The Morgan fingerprint density at radius 3 is 2.79 bits per heavy atom. The predicted octanol–water partition coefficient (Wildman–Crippen LogP) is 2.10. The van der Waals surface area contributed by atoms with Crippen molar-refractivity contribution in [2.24, 2.45) is 5.92 Å². The third-order valence-electron chi connectivity index (χ3n) is 3.98. The standard InChI is InChI=1S/C13H14ClN3OS/c14-9-5-11(19-12(9)6-15)13(18)16-10-7-17-3-1-8(10)2-4-17/h5,8,10H,1-4,7H2,(H,16,18)/t10-/m0/s1. The highest BCUT2D eigenvalue weighted by Gasteiger charge is 2.35. The Kier molecular flexibility index (Phi) is 3.48. The molecule has 0 spiro atoms. The smallest absolute Gasteiger partial charge is 0.261 e. The summed E-state index contributed by atoms with van der Waals surface area (Å²) >= 11 is 7.05. The lowest BCUT2D eigenvalue weighted by molar-refractivity contribution is 0.0622. The summed E-state index contributed by atoms with van der Waals surface area (Å²) in [7, 11) is 0. The number of thiophene rings is 1. The summed E-state index contributed by atoms with van der Waals surface area (Å²) in [5.74, 6) is 0.493. The van der Waals surface area contributed by atoms with Crippen LogP contribution in [0.1, 0.15) is 27.4 Å². The first kappa shape index (κ1) is 12.9. The van der Waals surface area contributed by atoms with E-state index in [2.05, 4.69) is 10.2 Å². The van der Waals surface area contributed by atoms with Crippen molar-refractivity contribution in [3.05, 3.63) is 20.8 Å². The summed E-state index contributed by atoms with van der Waals surface area (Å²) in [5, 5.41) is 12.3. The van der Waals surface area contributed by atoms with Crippen molar-refractivity contribution in [1.29, 1.82) is 5.26 Å². The van der Waals surface area contributed by atoms with Crippen LogP contribution in [0.3, 0.4) is 0 Å². The number of carbonyl (C=O) groups excluding carboxylic acids is 1. The molecular weight excluding hydrogens is 282 g/mol. The lowest BCUT2D eigenvalue weighted by atomic mass is 9.84. The van der Waals surface area contributed by atoms with E-state index < -0.39 is 0 Å². The monoisotopic (exact) mass is 295 g/mol. The Morgan fingerprint density at radius 1 is 1.53 bits per heavy atom. The number of carbonyl (C=O) groups is 1. The van der Waals surface area contributed by atoms with Gasteiger partial charge in [0.05, 0.1) is 9.90 Å². The Bertz CT molecular complexity index is 543. The van der Waals surface area contributed by atoms with Crippen molar-refractivity contribution in [2.75, 3.05) is 19.6 Å². The quantitative estimate of drug-likeness (QED) is 0.909. The van der Waals surface area contributed by atoms with Crippen molar-refractivity contribution >= 4 is 28.8 Å². The van der Waals surface area contributed by atoms with Crippen LogP contribution in [0.15, 0.2) is 6.07 Å². The Balaban J connectivity index is 1.69. The average molecular weight is 296 g/mol. The molecule has 3 saturated heterocycles. The fraction of sp³-hybridized carbons (Fsp3) is 0.538. The minimum Gasteiger partial charge on any atom is -0.347 e. The minimum absolute atomic E-state index is 0.104. The van der Waals surface area contributed by atoms with E-state index in [4.69, 9.17) is 16.9 Å². The third-order valence-corrected chi connectivity index (χ3v) is 5.43. The molecule has 4 heterocycles. The molecule has 100 valence electrons. The second-order valence-electron chi connectivity index (χ2n) is 5.12. The molecule has 3 aliphatic heterocycles. The van der Waals surface area contributed by atoms with Crippen LogP contribution in [0.25, 0.3) is 0 Å². The van der Waals surface area contributed by atoms with E-state index in [1.165, 1.54) is 12.8 Å². The van der Waals surface area contributed by atoms with Crippen LogP contribution < -0.4 is 5.32 Å². The van der Waals surface area contributed by atoms with Crippen LogP contribution in [0.4, 0.5) is 0 Å². The Labute approximate surface area is 121 Å². The first-order valence-electron chi connectivity index (χ1n) is 6.40. The number of piperidine rings is 3. The SMILES string of the molecule is N#Cc1sc(C(=O)N[C@H]2CN3CCC2CC3)cc1Cl. The van der Waals surface area contributed by atoms with Gasteiger partial charge in [0.15, 0.2) is 0 Å². The molecule has 1 atom stereocenters. The van der Waals surface area contributed by atoms with E-state index in [1.807, 2.05) is 6.07 Å². The molecule has 6 heteroatoms. The van der Waals surface area contributed by atoms with Crippen molar-refractivity contribution in [3.63, 3.8) is 0 Å². The number of rotatable bonds is 2. The van der Waals surface area contributed by atoms with Gasteiger partial charge in [0, 0.05) is 12.6 Å². The first-order valence-corrected chi connectivity index (χ1v) is 7.59. The fourth-order valence-electron chi connectivity index (χ4n) is 2.93. The van der Waals surface area contributed by atoms with Gasteiger partial charge in [-0.2, -0.15) is 5.26 Å². The highest BCUT2D eigenvalue weighted by atomic mass is 35.5. The van der Waals surface area contributed by atoms with E-state index in [9.17, 15) is 4.79 Å². The number of fused-ring (bicyclic) bond motifs is 3. The number of hydrogen-bond acceptors (Lipinski definition) is 4. The molecule has 1 amide bonds. The summed E-state index contributed by atoms with van der Waals surface area (Å²) < 4.78 is 0. The number of amides is 1. The molecule has 0 aliphatic carbocycles. The molecular formula is C13H14ClN3OS. The number of nitriles is 1. The van der Waals surface area contributed by atoms with Gasteiger partial charge in [0.2, 0.25) is 0 Å². The molecule has 0 unspecified atom stereocenters. The van der Waals surface area contributed by atoms with Crippen LogP contribution in [-0.4, -0.2) is 36.5 Å². The van der Waals surface area contributed by atoms with Crippen molar-refractivity contribution in [2.45, 2.75) is 18.9 Å². The summed E-state index contributed by atoms with van der Waals surface area (Å²) in [6, 6.07) is 3.82. The molecule has 1 N–H and O–H groups in total. The van der Waals surface area contributed by atoms with Crippen LogP contribution in [0.2, 0.25) is 5.02 Å². The van der Waals surface area contributed by atoms with Crippen LogP contribution in [0.5, 0.6) is 0 Å². The molecule has 1 aromatic rings. The topological polar surface area (TPSA) is 56.1 Å². The summed E-state index contributed by atoms with van der Waals surface area (Å²) in [5.41, 5.74) is 0. The largest absolute Gasteiger partial charge is 0.347 e. The molecule has 3 aliphatic rings. The van der Waals surface area contributed by atoms with Crippen molar-refractivity contribution < 1.29 is 4.79 Å². The lowest BCUT2D eigenvalue weighted by Crippen LogP contribution is -2.57. The average Bonchev–Trinajstić information content (AvgIpc) is 2.81. The maximum Gasteiger partial charge on any atom is 0.261 e. The molecule has 19 heavy (non-hydrogen) atoms. The fourth-order valence-corrected chi connectivity index (χ4v) is 4.01. The van der Waals surface area contributed by atoms with Gasteiger partial charge in [0.25, 0.3) is 5.91 Å². The van der Waals surface area contributed by atoms with Crippen LogP contribution in [-0.2, 0) is 0 Å². The number of nitrogens with one attached hydrogen (secondary N) is 1. The molecule has 0 aromatic carbocycles. The van der Waals surface area contributed by atoms with Gasteiger partial charge < -0.3 is 10.2 Å². The van der Waals surface area contributed by atoms with E-state index in [0.29, 0.717) is 20.7 Å². The first-order chi connectivity index (χ1) is 9.17.